The molecule has 3 aromatic rings. The highest BCUT2D eigenvalue weighted by Gasteiger charge is 2.12. The summed E-state index contributed by atoms with van der Waals surface area (Å²) in [5.74, 6) is 0.672. The van der Waals surface area contributed by atoms with Gasteiger partial charge in [0.15, 0.2) is 0 Å². The van der Waals surface area contributed by atoms with Gasteiger partial charge in [-0.3, -0.25) is 4.68 Å². The van der Waals surface area contributed by atoms with Crippen molar-refractivity contribution in [3.05, 3.63) is 47.4 Å². The number of fused-ring (bicyclic) bond motifs is 2. The maximum Gasteiger partial charge on any atom is 0.223 e. The van der Waals surface area contributed by atoms with E-state index in [0.29, 0.717) is 19.1 Å². The molecule has 3 heterocycles. The molecular weight excluding hydrogens is 278 g/mol. The van der Waals surface area contributed by atoms with Crippen molar-refractivity contribution in [1.82, 2.24) is 19.7 Å². The van der Waals surface area contributed by atoms with E-state index in [4.69, 9.17) is 4.74 Å². The first-order valence-electron chi connectivity index (χ1n) is 7.36. The molecule has 6 heteroatoms. The van der Waals surface area contributed by atoms with Crippen LogP contribution in [0.15, 0.2) is 30.6 Å². The van der Waals surface area contributed by atoms with Crippen LogP contribution >= 0.6 is 0 Å². The maximum atomic E-state index is 5.40. The summed E-state index contributed by atoms with van der Waals surface area (Å²) in [5, 5.41) is 8.71. The van der Waals surface area contributed by atoms with Gasteiger partial charge in [-0.15, -0.1) is 0 Å². The molecule has 1 N–H and O–H groups in total. The van der Waals surface area contributed by atoms with Gasteiger partial charge in [-0.25, -0.2) is 9.97 Å². The van der Waals surface area contributed by atoms with E-state index in [1.807, 2.05) is 24.1 Å². The minimum absolute atomic E-state index is 0.618. The van der Waals surface area contributed by atoms with Crippen molar-refractivity contribution in [3.8, 4) is 0 Å². The Morgan fingerprint density at radius 2 is 2.27 bits per heavy atom. The second-order valence-corrected chi connectivity index (χ2v) is 5.48. The molecule has 0 radical (unpaired) electrons. The van der Waals surface area contributed by atoms with E-state index >= 15 is 0 Å². The van der Waals surface area contributed by atoms with E-state index in [-0.39, 0.29) is 0 Å². The van der Waals surface area contributed by atoms with Crippen LogP contribution in [-0.2, 0) is 31.4 Å². The summed E-state index contributed by atoms with van der Waals surface area (Å²) in [7, 11) is 1.95. The summed E-state index contributed by atoms with van der Waals surface area (Å²) >= 11 is 0. The van der Waals surface area contributed by atoms with Crippen molar-refractivity contribution in [2.45, 2.75) is 19.6 Å². The Morgan fingerprint density at radius 3 is 3.23 bits per heavy atom. The first-order chi connectivity index (χ1) is 10.8. The average molecular weight is 295 g/mol. The van der Waals surface area contributed by atoms with Crippen LogP contribution in [0.1, 0.15) is 16.8 Å². The van der Waals surface area contributed by atoms with E-state index < -0.39 is 0 Å². The molecule has 1 aliphatic rings. The van der Waals surface area contributed by atoms with Gasteiger partial charge in [0.2, 0.25) is 5.95 Å². The first kappa shape index (κ1) is 13.2. The maximum absolute atomic E-state index is 5.40. The molecule has 0 atom stereocenters. The standard InChI is InChI=1S/C16H17N5O/c1-21-15-6-11(2-3-12(15)9-19-21)7-17-16-18-8-13-10-22-5-4-14(13)20-16/h2-3,6,8-9H,4-5,7,10H2,1H3,(H,17,18,20). The molecule has 2 aromatic heterocycles. The average Bonchev–Trinajstić information content (AvgIpc) is 2.93. The molecule has 112 valence electrons. The quantitative estimate of drug-likeness (QED) is 0.801. The van der Waals surface area contributed by atoms with E-state index in [9.17, 15) is 0 Å². The fourth-order valence-electron chi connectivity index (χ4n) is 2.70. The molecule has 1 aromatic carbocycles. The lowest BCUT2D eigenvalue weighted by atomic mass is 10.1. The lowest BCUT2D eigenvalue weighted by Crippen LogP contribution is -2.14. The van der Waals surface area contributed by atoms with Gasteiger partial charge >= 0.3 is 0 Å². The minimum atomic E-state index is 0.618. The molecule has 0 saturated heterocycles. The van der Waals surface area contributed by atoms with Gasteiger partial charge in [-0.1, -0.05) is 12.1 Å². The third-order valence-electron chi connectivity index (χ3n) is 3.96. The summed E-state index contributed by atoms with van der Waals surface area (Å²) in [6.07, 6.45) is 4.59. The van der Waals surface area contributed by atoms with E-state index in [1.54, 1.807) is 0 Å². The molecule has 0 aliphatic carbocycles. The van der Waals surface area contributed by atoms with E-state index in [1.165, 1.54) is 5.56 Å². The Balaban J connectivity index is 1.52. The van der Waals surface area contributed by atoms with Crippen LogP contribution in [-0.4, -0.2) is 26.4 Å². The first-order valence-corrected chi connectivity index (χ1v) is 7.36. The highest BCUT2D eigenvalue weighted by atomic mass is 16.5. The third-order valence-corrected chi connectivity index (χ3v) is 3.96. The lowest BCUT2D eigenvalue weighted by Gasteiger charge is -2.15. The van der Waals surface area contributed by atoms with Crippen LogP contribution in [0.5, 0.6) is 0 Å². The molecule has 6 nitrogen and oxygen atoms in total. The van der Waals surface area contributed by atoms with Gasteiger partial charge in [0.25, 0.3) is 0 Å². The number of anilines is 1. The molecule has 0 bridgehead atoms. The third kappa shape index (κ3) is 2.42. The van der Waals surface area contributed by atoms with Crippen molar-refractivity contribution < 1.29 is 4.74 Å². The largest absolute Gasteiger partial charge is 0.376 e. The SMILES string of the molecule is Cn1ncc2ccc(CNc3ncc4c(n3)CCOC4)cc21. The van der Waals surface area contributed by atoms with Gasteiger partial charge in [0.05, 0.1) is 30.6 Å². The Labute approximate surface area is 128 Å². The highest BCUT2D eigenvalue weighted by Crippen LogP contribution is 2.17. The molecule has 0 amide bonds. The number of aromatic nitrogens is 4. The minimum Gasteiger partial charge on any atom is -0.376 e. The van der Waals surface area contributed by atoms with E-state index in [0.717, 1.165) is 35.2 Å². The number of benzene rings is 1. The predicted molar refractivity (Wildman–Crippen MR) is 83.4 cm³/mol. The summed E-state index contributed by atoms with van der Waals surface area (Å²) in [6, 6.07) is 6.33. The normalized spacial score (nSPS) is 14.0. The number of ether oxygens (including phenoxy) is 1. The Bertz CT molecular complexity index is 827. The van der Waals surface area contributed by atoms with Gasteiger partial charge in [-0.05, 0) is 11.6 Å². The van der Waals surface area contributed by atoms with Crippen molar-refractivity contribution in [1.29, 1.82) is 0 Å². The molecule has 0 spiro atoms. The summed E-state index contributed by atoms with van der Waals surface area (Å²) in [5.41, 5.74) is 4.49. The molecule has 1 aliphatic heterocycles. The lowest BCUT2D eigenvalue weighted by molar-refractivity contribution is 0.109. The fraction of sp³-hybridized carbons (Fsp3) is 0.312. The summed E-state index contributed by atoms with van der Waals surface area (Å²) in [4.78, 5) is 8.94. The van der Waals surface area contributed by atoms with Crippen molar-refractivity contribution in [2.75, 3.05) is 11.9 Å². The fourth-order valence-corrected chi connectivity index (χ4v) is 2.70. The monoisotopic (exact) mass is 295 g/mol. The van der Waals surface area contributed by atoms with Crippen molar-refractivity contribution >= 4 is 16.9 Å². The molecular formula is C16H17N5O. The second kappa shape index (κ2) is 5.38. The van der Waals surface area contributed by atoms with Gasteiger partial charge in [-0.2, -0.15) is 5.10 Å². The topological polar surface area (TPSA) is 64.9 Å². The van der Waals surface area contributed by atoms with Crippen LogP contribution in [0.3, 0.4) is 0 Å². The van der Waals surface area contributed by atoms with Crippen LogP contribution < -0.4 is 5.32 Å². The van der Waals surface area contributed by atoms with Crippen molar-refractivity contribution in [2.24, 2.45) is 7.05 Å². The Morgan fingerprint density at radius 1 is 1.32 bits per heavy atom. The van der Waals surface area contributed by atoms with Crippen LogP contribution in [0.4, 0.5) is 5.95 Å². The Kier molecular flexibility index (Phi) is 3.23. The number of hydrogen-bond donors (Lipinski definition) is 1. The van der Waals surface area contributed by atoms with Gasteiger partial charge in [0, 0.05) is 37.2 Å². The molecule has 0 saturated carbocycles. The number of nitrogens with zero attached hydrogens (tertiary/aromatic N) is 4. The zero-order valence-electron chi connectivity index (χ0n) is 12.4. The molecule has 22 heavy (non-hydrogen) atoms. The van der Waals surface area contributed by atoms with Crippen LogP contribution in [0.25, 0.3) is 10.9 Å². The van der Waals surface area contributed by atoms with Crippen LogP contribution in [0.2, 0.25) is 0 Å². The highest BCUT2D eigenvalue weighted by molar-refractivity contribution is 5.79. The summed E-state index contributed by atoms with van der Waals surface area (Å²) < 4.78 is 7.28. The number of nitrogens with one attached hydrogen (secondary N) is 1. The summed E-state index contributed by atoms with van der Waals surface area (Å²) in [6.45, 7) is 2.05. The predicted octanol–water partition coefficient (Wildman–Crippen LogP) is 2.05. The number of hydrogen-bond acceptors (Lipinski definition) is 5. The van der Waals surface area contributed by atoms with E-state index in [2.05, 4.69) is 38.6 Å². The van der Waals surface area contributed by atoms with Gasteiger partial charge in [0.1, 0.15) is 0 Å². The molecule has 4 rings (SSSR count). The zero-order chi connectivity index (χ0) is 14.9. The van der Waals surface area contributed by atoms with Gasteiger partial charge < -0.3 is 10.1 Å². The molecule has 0 unspecified atom stereocenters. The van der Waals surface area contributed by atoms with Crippen molar-refractivity contribution in [3.63, 3.8) is 0 Å². The zero-order valence-corrected chi connectivity index (χ0v) is 12.4. The second-order valence-electron chi connectivity index (χ2n) is 5.48. The number of rotatable bonds is 3. The Hall–Kier alpha value is -2.47. The smallest absolute Gasteiger partial charge is 0.223 e. The van der Waals surface area contributed by atoms with Crippen LogP contribution in [0, 0.1) is 0 Å². The number of aryl methyl sites for hydroxylation is 1. The molecule has 0 fully saturated rings.